The molecule has 7 heteroatoms. The molecule has 0 radical (unpaired) electrons. The number of rotatable bonds is 4. The van der Waals surface area contributed by atoms with Crippen LogP contribution in [0.3, 0.4) is 0 Å². The van der Waals surface area contributed by atoms with E-state index < -0.39 is 11.7 Å². The second-order valence-electron chi connectivity index (χ2n) is 6.54. The molecule has 3 aromatic rings. The van der Waals surface area contributed by atoms with Gasteiger partial charge in [0.1, 0.15) is 6.54 Å². The Kier molecular flexibility index (Phi) is 5.20. The highest BCUT2D eigenvalue weighted by Gasteiger charge is 2.33. The number of fused-ring (bicyclic) bond motifs is 1. The summed E-state index contributed by atoms with van der Waals surface area (Å²) in [6, 6.07) is 13.0. The Morgan fingerprint density at radius 3 is 2.48 bits per heavy atom. The van der Waals surface area contributed by atoms with Crippen molar-refractivity contribution in [1.29, 1.82) is 0 Å². The van der Waals surface area contributed by atoms with E-state index in [0.29, 0.717) is 5.69 Å². The van der Waals surface area contributed by atoms with E-state index in [2.05, 4.69) is 0 Å². The van der Waals surface area contributed by atoms with Crippen molar-refractivity contribution in [2.45, 2.75) is 19.1 Å². The minimum absolute atomic E-state index is 0.0365. The second kappa shape index (κ2) is 7.27. The van der Waals surface area contributed by atoms with Crippen molar-refractivity contribution in [3.63, 3.8) is 0 Å². The van der Waals surface area contributed by atoms with Crippen molar-refractivity contribution in [3.05, 3.63) is 70.4 Å². The van der Waals surface area contributed by atoms with Gasteiger partial charge in [0.05, 0.1) is 5.56 Å². The monoisotopic (exact) mass is 394 g/mol. The van der Waals surface area contributed by atoms with Crippen LogP contribution in [0.5, 0.6) is 0 Å². The van der Waals surface area contributed by atoms with E-state index in [1.165, 1.54) is 17.0 Å². The first-order chi connectivity index (χ1) is 12.7. The summed E-state index contributed by atoms with van der Waals surface area (Å²) in [6.07, 6.45) is -4.46. The number of hydrogen-bond acceptors (Lipinski definition) is 1. The van der Waals surface area contributed by atoms with Crippen molar-refractivity contribution in [3.8, 4) is 0 Å². The molecule has 1 heterocycles. The maximum absolute atomic E-state index is 13.4. The standard InChI is InChI=1S/C20H18ClF3N2O/c1-25(2)19(27)12-26-16(10-14-5-3-4-6-18(14)26)9-13-7-8-15(21)11-17(13)20(22,23)24/h3-8,10-11H,9,12H2,1-2H3. The number of amides is 1. The molecule has 1 aromatic heterocycles. The van der Waals surface area contributed by atoms with Crippen LogP contribution in [0.1, 0.15) is 16.8 Å². The Hall–Kier alpha value is -2.47. The van der Waals surface area contributed by atoms with E-state index in [9.17, 15) is 18.0 Å². The molecule has 0 aliphatic carbocycles. The van der Waals surface area contributed by atoms with Crippen LogP contribution < -0.4 is 0 Å². The molecular weight excluding hydrogens is 377 g/mol. The number of alkyl halides is 3. The third-order valence-corrected chi connectivity index (χ3v) is 4.67. The zero-order chi connectivity index (χ0) is 19.8. The molecule has 0 aliphatic rings. The van der Waals surface area contributed by atoms with Gasteiger partial charge >= 0.3 is 6.18 Å². The number of aromatic nitrogens is 1. The molecule has 0 unspecified atom stereocenters. The quantitative estimate of drug-likeness (QED) is 0.611. The lowest BCUT2D eigenvalue weighted by atomic mass is 10.0. The van der Waals surface area contributed by atoms with Crippen LogP contribution in [-0.2, 0) is 23.9 Å². The lowest BCUT2D eigenvalue weighted by Crippen LogP contribution is -2.27. The van der Waals surface area contributed by atoms with Crippen LogP contribution in [0.4, 0.5) is 13.2 Å². The van der Waals surface area contributed by atoms with Crippen LogP contribution in [0.25, 0.3) is 10.9 Å². The number of nitrogens with zero attached hydrogens (tertiary/aromatic N) is 2. The van der Waals surface area contributed by atoms with Gasteiger partial charge in [-0.05, 0) is 35.2 Å². The Labute approximate surface area is 160 Å². The summed E-state index contributed by atoms with van der Waals surface area (Å²) in [4.78, 5) is 13.7. The predicted octanol–water partition coefficient (Wildman–Crippen LogP) is 4.99. The van der Waals surface area contributed by atoms with Gasteiger partial charge in [0.15, 0.2) is 0 Å². The van der Waals surface area contributed by atoms with E-state index in [4.69, 9.17) is 11.6 Å². The fourth-order valence-electron chi connectivity index (χ4n) is 3.04. The molecule has 3 rings (SSSR count). The van der Waals surface area contributed by atoms with Gasteiger partial charge < -0.3 is 9.47 Å². The first-order valence-electron chi connectivity index (χ1n) is 8.29. The van der Waals surface area contributed by atoms with Gasteiger partial charge in [-0.3, -0.25) is 4.79 Å². The number of para-hydroxylation sites is 1. The molecule has 0 spiro atoms. The molecule has 27 heavy (non-hydrogen) atoms. The number of likely N-dealkylation sites (N-methyl/N-ethyl adjacent to an activating group) is 1. The van der Waals surface area contributed by atoms with Gasteiger partial charge in [0.25, 0.3) is 0 Å². The van der Waals surface area contributed by atoms with Gasteiger partial charge in [0, 0.05) is 36.7 Å². The Morgan fingerprint density at radius 2 is 1.81 bits per heavy atom. The average molecular weight is 395 g/mol. The summed E-state index contributed by atoms with van der Waals surface area (Å²) >= 11 is 5.77. The van der Waals surface area contributed by atoms with E-state index in [-0.39, 0.29) is 29.5 Å². The van der Waals surface area contributed by atoms with Gasteiger partial charge in [-0.25, -0.2) is 0 Å². The second-order valence-corrected chi connectivity index (χ2v) is 6.98. The summed E-state index contributed by atoms with van der Waals surface area (Å²) in [6.45, 7) is 0.0603. The molecule has 2 aromatic carbocycles. The molecular formula is C20H18ClF3N2O. The Balaban J connectivity index is 2.09. The van der Waals surface area contributed by atoms with Gasteiger partial charge in [-0.2, -0.15) is 13.2 Å². The molecule has 0 fully saturated rings. The van der Waals surface area contributed by atoms with Gasteiger partial charge in [0.2, 0.25) is 5.91 Å². The van der Waals surface area contributed by atoms with E-state index in [1.54, 1.807) is 18.7 Å². The fourth-order valence-corrected chi connectivity index (χ4v) is 3.21. The Morgan fingerprint density at radius 1 is 1.11 bits per heavy atom. The molecule has 142 valence electrons. The fraction of sp³-hybridized carbons (Fsp3) is 0.250. The van der Waals surface area contributed by atoms with Crippen LogP contribution in [0, 0.1) is 0 Å². The summed E-state index contributed by atoms with van der Waals surface area (Å²) in [7, 11) is 3.29. The third kappa shape index (κ3) is 4.11. The predicted molar refractivity (Wildman–Crippen MR) is 99.9 cm³/mol. The summed E-state index contributed by atoms with van der Waals surface area (Å²) in [5.41, 5.74) is 0.809. The average Bonchev–Trinajstić information content (AvgIpc) is 2.93. The third-order valence-electron chi connectivity index (χ3n) is 4.44. The maximum atomic E-state index is 13.4. The number of hydrogen-bond donors (Lipinski definition) is 0. The van der Waals surface area contributed by atoms with Gasteiger partial charge in [-0.15, -0.1) is 0 Å². The largest absolute Gasteiger partial charge is 0.416 e. The summed E-state index contributed by atoms with van der Waals surface area (Å²) in [5.74, 6) is -0.134. The highest BCUT2D eigenvalue weighted by molar-refractivity contribution is 6.30. The summed E-state index contributed by atoms with van der Waals surface area (Å²) in [5, 5.41) is 0.913. The van der Waals surface area contributed by atoms with Crippen LogP contribution in [0.2, 0.25) is 5.02 Å². The number of halogens is 4. The SMILES string of the molecule is CN(C)C(=O)Cn1c(Cc2ccc(Cl)cc2C(F)(F)F)cc2ccccc21. The van der Waals surface area contributed by atoms with Crippen LogP contribution in [-0.4, -0.2) is 29.5 Å². The maximum Gasteiger partial charge on any atom is 0.416 e. The minimum atomic E-state index is -4.50. The smallest absolute Gasteiger partial charge is 0.347 e. The number of benzene rings is 2. The van der Waals surface area contributed by atoms with Gasteiger partial charge in [-0.1, -0.05) is 35.9 Å². The molecule has 0 aliphatic heterocycles. The first-order valence-corrected chi connectivity index (χ1v) is 8.67. The summed E-state index contributed by atoms with van der Waals surface area (Å²) < 4.78 is 42.0. The lowest BCUT2D eigenvalue weighted by molar-refractivity contribution is -0.138. The van der Waals surface area contributed by atoms with Crippen LogP contribution in [0.15, 0.2) is 48.5 Å². The lowest BCUT2D eigenvalue weighted by Gasteiger charge is -2.17. The first kappa shape index (κ1) is 19.3. The Bertz CT molecular complexity index is 993. The van der Waals surface area contributed by atoms with E-state index >= 15 is 0 Å². The van der Waals surface area contributed by atoms with E-state index in [0.717, 1.165) is 17.0 Å². The molecule has 0 atom stereocenters. The molecule has 0 N–H and O–H groups in total. The zero-order valence-electron chi connectivity index (χ0n) is 14.8. The van der Waals surface area contributed by atoms with Crippen LogP contribution >= 0.6 is 11.6 Å². The number of carbonyl (C=O) groups is 1. The number of carbonyl (C=O) groups excluding carboxylic acids is 1. The highest BCUT2D eigenvalue weighted by atomic mass is 35.5. The molecule has 0 saturated heterocycles. The molecule has 3 nitrogen and oxygen atoms in total. The molecule has 0 saturated carbocycles. The van der Waals surface area contributed by atoms with Crippen molar-refractivity contribution in [2.24, 2.45) is 0 Å². The topological polar surface area (TPSA) is 25.2 Å². The van der Waals surface area contributed by atoms with Crippen molar-refractivity contribution >= 4 is 28.4 Å². The highest BCUT2D eigenvalue weighted by Crippen LogP contribution is 2.35. The van der Waals surface area contributed by atoms with E-state index in [1.807, 2.05) is 30.3 Å². The molecule has 0 bridgehead atoms. The van der Waals surface area contributed by atoms with Crippen molar-refractivity contribution < 1.29 is 18.0 Å². The zero-order valence-corrected chi connectivity index (χ0v) is 15.6. The molecule has 1 amide bonds. The van der Waals surface area contributed by atoms with Crippen molar-refractivity contribution in [1.82, 2.24) is 9.47 Å². The van der Waals surface area contributed by atoms with Crippen molar-refractivity contribution in [2.75, 3.05) is 14.1 Å². The normalized spacial score (nSPS) is 11.8. The minimum Gasteiger partial charge on any atom is -0.347 e.